The van der Waals surface area contributed by atoms with Gasteiger partial charge in [-0.2, -0.15) is 5.26 Å². The summed E-state index contributed by atoms with van der Waals surface area (Å²) < 4.78 is 16.6. The van der Waals surface area contributed by atoms with Crippen molar-refractivity contribution in [3.05, 3.63) is 74.3 Å². The average Bonchev–Trinajstić information content (AvgIpc) is 2.87. The Kier molecular flexibility index (Phi) is 9.94. The highest BCUT2D eigenvalue weighted by Crippen LogP contribution is 2.33. The van der Waals surface area contributed by atoms with E-state index < -0.39 is 17.8 Å². The van der Waals surface area contributed by atoms with Gasteiger partial charge < -0.3 is 14.2 Å². The summed E-state index contributed by atoms with van der Waals surface area (Å²) in [4.78, 5) is 38.0. The molecule has 0 saturated heterocycles. The fraction of sp³-hybridized carbons (Fsp3) is 0.286. The first-order chi connectivity index (χ1) is 18.2. The third-order valence-electron chi connectivity index (χ3n) is 5.63. The molecule has 38 heavy (non-hydrogen) atoms. The number of rotatable bonds is 10. The van der Waals surface area contributed by atoms with Gasteiger partial charge in [0.05, 0.1) is 13.2 Å². The molecule has 0 bridgehead atoms. The lowest BCUT2D eigenvalue weighted by molar-refractivity contribution is -0.141. The number of ether oxygens (including phenoxy) is 3. The van der Waals surface area contributed by atoms with Crippen LogP contribution in [0.15, 0.2) is 53.1 Å². The van der Waals surface area contributed by atoms with Gasteiger partial charge >= 0.3 is 5.97 Å². The van der Waals surface area contributed by atoms with Crippen LogP contribution < -0.4 is 9.47 Å². The van der Waals surface area contributed by atoms with Gasteiger partial charge in [-0.05, 0) is 61.7 Å². The van der Waals surface area contributed by atoms with E-state index >= 15 is 0 Å². The maximum atomic E-state index is 13.2. The Balaban J connectivity index is 1.88. The van der Waals surface area contributed by atoms with Crippen molar-refractivity contribution in [3.63, 3.8) is 0 Å². The number of amides is 2. The third kappa shape index (κ3) is 6.94. The number of hydrogen-bond acceptors (Lipinski definition) is 7. The predicted octanol–water partition coefficient (Wildman–Crippen LogP) is 5.52. The van der Waals surface area contributed by atoms with E-state index in [1.807, 2.05) is 13.0 Å². The second-order valence-corrected chi connectivity index (χ2v) is 9.13. The summed E-state index contributed by atoms with van der Waals surface area (Å²) in [7, 11) is 0. The highest BCUT2D eigenvalue weighted by molar-refractivity contribution is 6.35. The van der Waals surface area contributed by atoms with Crippen molar-refractivity contribution in [1.82, 2.24) is 4.90 Å². The molecule has 10 heteroatoms. The highest BCUT2D eigenvalue weighted by Gasteiger charge is 2.35. The van der Waals surface area contributed by atoms with Crippen molar-refractivity contribution in [1.29, 1.82) is 5.26 Å². The minimum absolute atomic E-state index is 0.00494. The maximum Gasteiger partial charge on any atom is 0.302 e. The van der Waals surface area contributed by atoms with Crippen LogP contribution in [-0.4, -0.2) is 42.4 Å². The minimum atomic E-state index is -0.672. The van der Waals surface area contributed by atoms with Crippen LogP contribution in [0, 0.1) is 11.3 Å². The van der Waals surface area contributed by atoms with Crippen LogP contribution in [0.2, 0.25) is 10.0 Å². The van der Waals surface area contributed by atoms with Crippen molar-refractivity contribution in [2.75, 3.05) is 19.8 Å². The largest absolute Gasteiger partial charge is 0.490 e. The number of benzene rings is 2. The van der Waals surface area contributed by atoms with Gasteiger partial charge in [-0.15, -0.1) is 0 Å². The van der Waals surface area contributed by atoms with Gasteiger partial charge in [0.25, 0.3) is 11.8 Å². The number of carbonyl (C=O) groups excluding carboxylic acids is 3. The molecule has 0 aliphatic carbocycles. The van der Waals surface area contributed by atoms with Gasteiger partial charge in [-0.3, -0.25) is 19.3 Å². The van der Waals surface area contributed by atoms with Crippen LogP contribution in [0.25, 0.3) is 6.08 Å². The van der Waals surface area contributed by atoms with E-state index in [0.717, 1.165) is 10.5 Å². The molecule has 3 rings (SSSR count). The monoisotopic (exact) mass is 556 g/mol. The molecule has 0 saturated carbocycles. The zero-order valence-corrected chi connectivity index (χ0v) is 22.7. The van der Waals surface area contributed by atoms with Gasteiger partial charge in [-0.25, -0.2) is 0 Å². The smallest absolute Gasteiger partial charge is 0.302 e. The molecular formula is C28H26Cl2N2O6. The first-order valence-corrected chi connectivity index (χ1v) is 12.6. The summed E-state index contributed by atoms with van der Waals surface area (Å²) in [6.45, 7) is 5.29. The van der Waals surface area contributed by atoms with Crippen molar-refractivity contribution in [2.24, 2.45) is 0 Å². The minimum Gasteiger partial charge on any atom is -0.490 e. The predicted molar refractivity (Wildman–Crippen MR) is 143 cm³/mol. The summed E-state index contributed by atoms with van der Waals surface area (Å²) in [6.07, 6.45) is 1.85. The van der Waals surface area contributed by atoms with Crippen LogP contribution in [0.1, 0.15) is 38.3 Å². The maximum absolute atomic E-state index is 13.2. The molecule has 2 aromatic carbocycles. The molecule has 198 valence electrons. The average molecular weight is 557 g/mol. The van der Waals surface area contributed by atoms with Crippen molar-refractivity contribution in [2.45, 2.75) is 33.8 Å². The molecule has 0 unspecified atom stereocenters. The third-order valence-corrected chi connectivity index (χ3v) is 6.22. The van der Waals surface area contributed by atoms with Crippen LogP contribution >= 0.6 is 23.2 Å². The number of imide groups is 1. The standard InChI is InChI=1S/C28H26Cl2N2O6/c1-4-36-26-13-19(6-9-25(26)38-16-20-7-8-21(29)14-24(20)30)12-22-17(2)23(15-31)28(35)32(27(22)34)10-5-11-37-18(3)33/h6-9,12-14H,4-5,10-11,16H2,1-3H3/b22-12+. The van der Waals surface area contributed by atoms with Crippen LogP contribution in [0.4, 0.5) is 0 Å². The Morgan fingerprint density at radius 1 is 1.08 bits per heavy atom. The zero-order valence-electron chi connectivity index (χ0n) is 21.2. The SMILES string of the molecule is CCOc1cc(/C=C2/C(=O)N(CCCOC(C)=O)C(=O)C(C#N)=C2C)ccc1OCc1ccc(Cl)cc1Cl. The fourth-order valence-electron chi connectivity index (χ4n) is 3.73. The molecule has 0 fully saturated rings. The van der Waals surface area contributed by atoms with E-state index in [0.29, 0.717) is 33.7 Å². The second kappa shape index (κ2) is 13.1. The summed E-state index contributed by atoms with van der Waals surface area (Å²) in [6, 6.07) is 12.2. The second-order valence-electron chi connectivity index (χ2n) is 8.29. The quantitative estimate of drug-likeness (QED) is 0.164. The molecule has 2 aromatic rings. The number of carbonyl (C=O) groups is 3. The van der Waals surface area contributed by atoms with Gasteiger partial charge in [0.2, 0.25) is 0 Å². The molecule has 0 atom stereocenters. The summed E-state index contributed by atoms with van der Waals surface area (Å²) in [5, 5.41) is 10.6. The van der Waals surface area contributed by atoms with E-state index in [2.05, 4.69) is 0 Å². The Hall–Kier alpha value is -3.80. The zero-order chi connectivity index (χ0) is 27.8. The van der Waals surface area contributed by atoms with Crippen LogP contribution in [-0.2, 0) is 25.7 Å². The fourth-order valence-corrected chi connectivity index (χ4v) is 4.20. The lowest BCUT2D eigenvalue weighted by atomic mass is 9.93. The van der Waals surface area contributed by atoms with Crippen molar-refractivity contribution >= 4 is 47.1 Å². The van der Waals surface area contributed by atoms with E-state index in [4.69, 9.17) is 37.4 Å². The molecular weight excluding hydrogens is 531 g/mol. The highest BCUT2D eigenvalue weighted by atomic mass is 35.5. The number of esters is 1. The van der Waals surface area contributed by atoms with Crippen LogP contribution in [0.5, 0.6) is 11.5 Å². The van der Waals surface area contributed by atoms with Crippen molar-refractivity contribution in [3.8, 4) is 17.6 Å². The number of hydrogen-bond donors (Lipinski definition) is 0. The molecule has 8 nitrogen and oxygen atoms in total. The number of halogens is 2. The molecule has 1 aliphatic heterocycles. The molecule has 0 radical (unpaired) electrons. The van der Waals surface area contributed by atoms with Crippen LogP contribution in [0.3, 0.4) is 0 Å². The van der Waals surface area contributed by atoms with E-state index in [-0.39, 0.29) is 42.9 Å². The van der Waals surface area contributed by atoms with Gasteiger partial charge in [-0.1, -0.05) is 35.3 Å². The summed E-state index contributed by atoms with van der Waals surface area (Å²) in [5.41, 5.74) is 1.74. The Morgan fingerprint density at radius 3 is 2.50 bits per heavy atom. The van der Waals surface area contributed by atoms with E-state index in [1.54, 1.807) is 49.4 Å². The Bertz CT molecular complexity index is 1360. The Labute approximate surface area is 231 Å². The van der Waals surface area contributed by atoms with Gasteiger partial charge in [0.15, 0.2) is 11.5 Å². The lowest BCUT2D eigenvalue weighted by Crippen LogP contribution is -2.43. The van der Waals surface area contributed by atoms with E-state index in [9.17, 15) is 19.6 Å². The first-order valence-electron chi connectivity index (χ1n) is 11.8. The molecule has 2 amide bonds. The number of nitriles is 1. The summed E-state index contributed by atoms with van der Waals surface area (Å²) in [5.74, 6) is -0.738. The normalized spacial score (nSPS) is 14.5. The van der Waals surface area contributed by atoms with Gasteiger partial charge in [0, 0.05) is 34.7 Å². The molecule has 0 aromatic heterocycles. The topological polar surface area (TPSA) is 106 Å². The van der Waals surface area contributed by atoms with Gasteiger partial charge in [0.1, 0.15) is 18.2 Å². The molecule has 1 heterocycles. The lowest BCUT2D eigenvalue weighted by Gasteiger charge is -2.27. The molecule has 0 spiro atoms. The number of nitrogens with zero attached hydrogens (tertiary/aromatic N) is 2. The summed E-state index contributed by atoms with van der Waals surface area (Å²) >= 11 is 12.2. The van der Waals surface area contributed by atoms with Crippen molar-refractivity contribution < 1.29 is 28.6 Å². The van der Waals surface area contributed by atoms with E-state index in [1.165, 1.54) is 6.92 Å². The Morgan fingerprint density at radius 2 is 1.84 bits per heavy atom. The molecule has 0 N–H and O–H groups in total. The molecule has 1 aliphatic rings. The first kappa shape index (κ1) is 28.8.